The van der Waals surface area contributed by atoms with Crippen LogP contribution in [0.2, 0.25) is 0 Å². The zero-order valence-electron chi connectivity index (χ0n) is 12.6. The van der Waals surface area contributed by atoms with Crippen molar-refractivity contribution in [3.63, 3.8) is 0 Å². The van der Waals surface area contributed by atoms with Crippen molar-refractivity contribution < 1.29 is 14.7 Å². The minimum Gasteiger partial charge on any atom is -0.480 e. The van der Waals surface area contributed by atoms with Crippen molar-refractivity contribution >= 4 is 11.9 Å². The monoisotopic (exact) mass is 289 g/mol. The van der Waals surface area contributed by atoms with Crippen LogP contribution in [-0.4, -0.2) is 23.0 Å². The lowest BCUT2D eigenvalue weighted by molar-refractivity contribution is -0.142. The zero-order chi connectivity index (χ0) is 15.4. The van der Waals surface area contributed by atoms with E-state index in [2.05, 4.69) is 11.4 Å². The molecule has 2 rings (SSSR count). The van der Waals surface area contributed by atoms with E-state index in [1.165, 1.54) is 5.56 Å². The second-order valence-corrected chi connectivity index (χ2v) is 6.17. The highest BCUT2D eigenvalue weighted by Crippen LogP contribution is 2.31. The van der Waals surface area contributed by atoms with Crippen molar-refractivity contribution in [3.05, 3.63) is 35.4 Å². The fourth-order valence-corrected chi connectivity index (χ4v) is 2.99. The molecule has 2 atom stereocenters. The number of amides is 1. The molecule has 1 aliphatic carbocycles. The average Bonchev–Trinajstić information content (AvgIpc) is 2.45. The number of benzene rings is 1. The molecule has 2 N–H and O–H groups in total. The predicted molar refractivity (Wildman–Crippen MR) is 81.1 cm³/mol. The molecule has 0 heterocycles. The maximum absolute atomic E-state index is 12.5. The Morgan fingerprint density at radius 1 is 1.33 bits per heavy atom. The number of carboxylic acids is 1. The Morgan fingerprint density at radius 3 is 2.71 bits per heavy atom. The average molecular weight is 289 g/mol. The molecule has 1 unspecified atom stereocenters. The third-order valence-corrected chi connectivity index (χ3v) is 4.01. The van der Waals surface area contributed by atoms with Crippen molar-refractivity contribution in [2.75, 3.05) is 0 Å². The summed E-state index contributed by atoms with van der Waals surface area (Å²) in [6, 6.07) is 7.16. The summed E-state index contributed by atoms with van der Waals surface area (Å²) in [6.45, 7) is 3.91. The molecule has 0 saturated carbocycles. The number of hydrogen-bond acceptors (Lipinski definition) is 2. The van der Waals surface area contributed by atoms with E-state index >= 15 is 0 Å². The molecule has 4 nitrogen and oxygen atoms in total. The van der Waals surface area contributed by atoms with E-state index in [4.69, 9.17) is 0 Å². The molecule has 1 amide bonds. The minimum atomic E-state index is -0.957. The van der Waals surface area contributed by atoms with E-state index in [0.29, 0.717) is 6.42 Å². The lowest BCUT2D eigenvalue weighted by Gasteiger charge is -2.26. The quantitative estimate of drug-likeness (QED) is 0.876. The van der Waals surface area contributed by atoms with Crippen LogP contribution in [0.25, 0.3) is 0 Å². The third-order valence-electron chi connectivity index (χ3n) is 4.01. The Labute approximate surface area is 125 Å². The van der Waals surface area contributed by atoms with Crippen LogP contribution in [0.3, 0.4) is 0 Å². The van der Waals surface area contributed by atoms with Crippen molar-refractivity contribution in [3.8, 4) is 0 Å². The number of aryl methyl sites for hydroxylation is 1. The largest absolute Gasteiger partial charge is 0.480 e. The van der Waals surface area contributed by atoms with Crippen LogP contribution in [0.4, 0.5) is 0 Å². The third kappa shape index (κ3) is 3.84. The molecule has 1 aromatic carbocycles. The van der Waals surface area contributed by atoms with E-state index in [9.17, 15) is 14.7 Å². The lowest BCUT2D eigenvalue weighted by Crippen LogP contribution is -2.44. The summed E-state index contributed by atoms with van der Waals surface area (Å²) in [6.07, 6.45) is 3.21. The molecule has 0 spiro atoms. The first-order chi connectivity index (χ1) is 9.99. The van der Waals surface area contributed by atoms with Gasteiger partial charge in [-0.15, -0.1) is 0 Å². The van der Waals surface area contributed by atoms with Crippen LogP contribution < -0.4 is 5.32 Å². The summed E-state index contributed by atoms with van der Waals surface area (Å²) in [5.74, 6) is -1.11. The van der Waals surface area contributed by atoms with Crippen LogP contribution in [0.15, 0.2) is 24.3 Å². The van der Waals surface area contributed by atoms with Crippen LogP contribution in [0, 0.1) is 5.92 Å². The summed E-state index contributed by atoms with van der Waals surface area (Å²) in [4.78, 5) is 23.8. The fourth-order valence-electron chi connectivity index (χ4n) is 2.99. The van der Waals surface area contributed by atoms with Gasteiger partial charge in [0, 0.05) is 0 Å². The number of carboxylic acid groups (broad SMARTS) is 1. The van der Waals surface area contributed by atoms with Gasteiger partial charge in [0.25, 0.3) is 0 Å². The number of nitrogens with one attached hydrogen (secondary N) is 1. The molecule has 114 valence electrons. The number of carbonyl (C=O) groups excluding carboxylic acids is 1. The number of fused-ring (bicyclic) bond motifs is 1. The van der Waals surface area contributed by atoms with Gasteiger partial charge in [-0.2, -0.15) is 0 Å². The summed E-state index contributed by atoms with van der Waals surface area (Å²) in [5.41, 5.74) is 2.26. The van der Waals surface area contributed by atoms with Gasteiger partial charge in [0.1, 0.15) is 6.04 Å². The fraction of sp³-hybridized carbons (Fsp3) is 0.529. The van der Waals surface area contributed by atoms with Crippen molar-refractivity contribution in [1.82, 2.24) is 5.32 Å². The van der Waals surface area contributed by atoms with Gasteiger partial charge in [-0.3, -0.25) is 4.79 Å². The van der Waals surface area contributed by atoms with Gasteiger partial charge in [-0.05, 0) is 42.7 Å². The summed E-state index contributed by atoms with van der Waals surface area (Å²) in [7, 11) is 0. The Balaban J connectivity index is 2.12. The minimum absolute atomic E-state index is 0.157. The van der Waals surface area contributed by atoms with E-state index in [1.54, 1.807) is 0 Å². The van der Waals surface area contributed by atoms with E-state index < -0.39 is 12.0 Å². The van der Waals surface area contributed by atoms with Gasteiger partial charge < -0.3 is 10.4 Å². The Kier molecular flexibility index (Phi) is 4.99. The number of hydrogen-bond donors (Lipinski definition) is 2. The van der Waals surface area contributed by atoms with E-state index in [1.807, 2.05) is 32.0 Å². The molecule has 0 radical (unpaired) electrons. The highest BCUT2D eigenvalue weighted by Gasteiger charge is 2.29. The molecule has 1 aromatic rings. The zero-order valence-corrected chi connectivity index (χ0v) is 12.6. The van der Waals surface area contributed by atoms with Crippen molar-refractivity contribution in [1.29, 1.82) is 0 Å². The molecule has 1 aliphatic rings. The SMILES string of the molecule is CC(C)C[C@@H](NC(=O)C1CCCc2ccccc21)C(=O)O. The first-order valence-electron chi connectivity index (χ1n) is 7.60. The summed E-state index contributed by atoms with van der Waals surface area (Å²) >= 11 is 0. The highest BCUT2D eigenvalue weighted by atomic mass is 16.4. The standard InChI is InChI=1S/C17H23NO3/c1-11(2)10-15(17(20)21)18-16(19)14-9-5-7-12-6-3-4-8-13(12)14/h3-4,6,8,11,14-15H,5,7,9-10H2,1-2H3,(H,18,19)(H,20,21)/t14?,15-/m1/s1. The smallest absolute Gasteiger partial charge is 0.326 e. The molecule has 4 heteroatoms. The molecular formula is C17H23NO3. The topological polar surface area (TPSA) is 66.4 Å². The normalized spacial score (nSPS) is 18.9. The molecule has 0 aliphatic heterocycles. The van der Waals surface area contributed by atoms with Crippen LogP contribution in [0.5, 0.6) is 0 Å². The number of aliphatic carboxylic acids is 1. The maximum atomic E-state index is 12.5. The first-order valence-corrected chi connectivity index (χ1v) is 7.60. The van der Waals surface area contributed by atoms with Crippen LogP contribution in [0.1, 0.15) is 50.2 Å². The number of carbonyl (C=O) groups is 2. The predicted octanol–water partition coefficient (Wildman–Crippen LogP) is 2.72. The Hall–Kier alpha value is -1.84. The summed E-state index contributed by atoms with van der Waals surface area (Å²) in [5, 5.41) is 12.0. The Morgan fingerprint density at radius 2 is 2.05 bits per heavy atom. The molecule has 0 aromatic heterocycles. The lowest BCUT2D eigenvalue weighted by atomic mass is 9.82. The van der Waals surface area contributed by atoms with Gasteiger partial charge in [-0.25, -0.2) is 4.79 Å². The highest BCUT2D eigenvalue weighted by molar-refractivity contribution is 5.88. The van der Waals surface area contributed by atoms with Gasteiger partial charge in [0.15, 0.2) is 0 Å². The molecular weight excluding hydrogens is 266 g/mol. The Bertz CT molecular complexity index is 525. The van der Waals surface area contributed by atoms with E-state index in [0.717, 1.165) is 24.8 Å². The van der Waals surface area contributed by atoms with E-state index in [-0.39, 0.29) is 17.7 Å². The van der Waals surface area contributed by atoms with Crippen LogP contribution in [-0.2, 0) is 16.0 Å². The van der Waals surface area contributed by atoms with Crippen molar-refractivity contribution in [2.45, 2.75) is 51.5 Å². The van der Waals surface area contributed by atoms with Gasteiger partial charge in [-0.1, -0.05) is 38.1 Å². The second kappa shape index (κ2) is 6.74. The summed E-state index contributed by atoms with van der Waals surface area (Å²) < 4.78 is 0. The molecule has 0 bridgehead atoms. The van der Waals surface area contributed by atoms with Gasteiger partial charge in [0.05, 0.1) is 5.92 Å². The van der Waals surface area contributed by atoms with Crippen LogP contribution >= 0.6 is 0 Å². The second-order valence-electron chi connectivity index (χ2n) is 6.17. The molecule has 0 saturated heterocycles. The molecule has 0 fully saturated rings. The van der Waals surface area contributed by atoms with Gasteiger partial charge in [0.2, 0.25) is 5.91 Å². The molecule has 21 heavy (non-hydrogen) atoms. The maximum Gasteiger partial charge on any atom is 0.326 e. The first kappa shape index (κ1) is 15.5. The number of rotatable bonds is 5. The van der Waals surface area contributed by atoms with Crippen molar-refractivity contribution in [2.24, 2.45) is 5.92 Å². The van der Waals surface area contributed by atoms with Gasteiger partial charge >= 0.3 is 5.97 Å².